The molecule has 3 N–H and O–H groups in total. The standard InChI is InChI=1S/C15H20Cl2N2O2/c1-15(2,3)21-14(20)19-7-5-4-6-10-8-12(17)13(18)9-11(10)16/h4,6,8-9H,5,7,18H2,1-3H3,(H,19,20). The van der Waals surface area contributed by atoms with Gasteiger partial charge in [0.25, 0.3) is 0 Å². The van der Waals surface area contributed by atoms with Crippen molar-refractivity contribution in [2.24, 2.45) is 0 Å². The number of hydrogen-bond acceptors (Lipinski definition) is 3. The topological polar surface area (TPSA) is 64.3 Å². The smallest absolute Gasteiger partial charge is 0.407 e. The fourth-order valence-electron chi connectivity index (χ4n) is 1.49. The first-order valence-electron chi connectivity index (χ1n) is 6.57. The fourth-order valence-corrected chi connectivity index (χ4v) is 1.89. The summed E-state index contributed by atoms with van der Waals surface area (Å²) in [7, 11) is 0. The van der Waals surface area contributed by atoms with Crippen LogP contribution in [-0.2, 0) is 4.74 Å². The van der Waals surface area contributed by atoms with E-state index in [1.54, 1.807) is 12.1 Å². The Labute approximate surface area is 135 Å². The molecule has 1 amide bonds. The summed E-state index contributed by atoms with van der Waals surface area (Å²) >= 11 is 12.0. The largest absolute Gasteiger partial charge is 0.444 e. The van der Waals surface area contributed by atoms with Crippen molar-refractivity contribution >= 4 is 41.1 Å². The molecule has 0 heterocycles. The molecule has 0 fully saturated rings. The third kappa shape index (κ3) is 6.74. The summed E-state index contributed by atoms with van der Waals surface area (Å²) in [5.41, 5.74) is 6.39. The van der Waals surface area contributed by atoms with E-state index in [1.807, 2.05) is 32.9 Å². The lowest BCUT2D eigenvalue weighted by molar-refractivity contribution is 0.0529. The molecule has 21 heavy (non-hydrogen) atoms. The SMILES string of the molecule is CC(C)(C)OC(=O)NCCC=Cc1cc(Cl)c(N)cc1Cl. The van der Waals surface area contributed by atoms with Crippen LogP contribution in [0, 0.1) is 0 Å². The molecule has 0 saturated carbocycles. The van der Waals surface area contributed by atoms with Crippen LogP contribution in [-0.4, -0.2) is 18.2 Å². The van der Waals surface area contributed by atoms with Crippen LogP contribution in [0.25, 0.3) is 6.08 Å². The Morgan fingerprint density at radius 2 is 2.00 bits per heavy atom. The van der Waals surface area contributed by atoms with E-state index in [0.29, 0.717) is 28.7 Å². The average Bonchev–Trinajstić information content (AvgIpc) is 2.32. The van der Waals surface area contributed by atoms with Gasteiger partial charge >= 0.3 is 6.09 Å². The Kier molecular flexibility index (Phi) is 6.37. The van der Waals surface area contributed by atoms with E-state index in [4.69, 9.17) is 33.7 Å². The maximum absolute atomic E-state index is 11.4. The number of rotatable bonds is 4. The number of amides is 1. The van der Waals surface area contributed by atoms with Crippen LogP contribution in [0.3, 0.4) is 0 Å². The molecule has 0 aromatic heterocycles. The van der Waals surface area contributed by atoms with E-state index in [0.717, 1.165) is 5.56 Å². The highest BCUT2D eigenvalue weighted by Gasteiger charge is 2.15. The zero-order chi connectivity index (χ0) is 16.0. The molecule has 0 unspecified atom stereocenters. The normalized spacial score (nSPS) is 11.7. The molecule has 1 rings (SSSR count). The minimum Gasteiger partial charge on any atom is -0.444 e. The van der Waals surface area contributed by atoms with Crippen molar-refractivity contribution in [2.75, 3.05) is 12.3 Å². The molecule has 0 aliphatic carbocycles. The molecular weight excluding hydrogens is 311 g/mol. The van der Waals surface area contributed by atoms with Gasteiger partial charge in [0, 0.05) is 11.6 Å². The molecule has 0 saturated heterocycles. The molecule has 116 valence electrons. The van der Waals surface area contributed by atoms with Gasteiger partial charge in [0.1, 0.15) is 5.60 Å². The number of carbonyl (C=O) groups is 1. The van der Waals surface area contributed by atoms with E-state index in [1.165, 1.54) is 0 Å². The van der Waals surface area contributed by atoms with Crippen LogP contribution in [0.5, 0.6) is 0 Å². The quantitative estimate of drug-likeness (QED) is 0.630. The number of ether oxygens (including phenoxy) is 1. The first kappa shape index (κ1) is 17.7. The predicted molar refractivity (Wildman–Crippen MR) is 88.8 cm³/mol. The Balaban J connectivity index is 2.43. The van der Waals surface area contributed by atoms with Gasteiger partial charge in [-0.05, 0) is 44.9 Å². The van der Waals surface area contributed by atoms with Crippen molar-refractivity contribution in [3.63, 3.8) is 0 Å². The molecule has 0 spiro atoms. The van der Waals surface area contributed by atoms with Gasteiger partial charge in [-0.15, -0.1) is 0 Å². The third-order valence-electron chi connectivity index (χ3n) is 2.39. The van der Waals surface area contributed by atoms with E-state index < -0.39 is 11.7 Å². The average molecular weight is 331 g/mol. The van der Waals surface area contributed by atoms with Gasteiger partial charge in [0.15, 0.2) is 0 Å². The highest BCUT2D eigenvalue weighted by Crippen LogP contribution is 2.27. The van der Waals surface area contributed by atoms with Gasteiger partial charge in [-0.3, -0.25) is 0 Å². The van der Waals surface area contributed by atoms with Crippen LogP contribution in [0.1, 0.15) is 32.8 Å². The van der Waals surface area contributed by atoms with Crippen molar-refractivity contribution in [3.8, 4) is 0 Å². The third-order valence-corrected chi connectivity index (χ3v) is 3.05. The van der Waals surface area contributed by atoms with E-state index in [2.05, 4.69) is 5.32 Å². The van der Waals surface area contributed by atoms with Gasteiger partial charge in [0.2, 0.25) is 0 Å². The molecule has 4 nitrogen and oxygen atoms in total. The highest BCUT2D eigenvalue weighted by molar-refractivity contribution is 6.36. The van der Waals surface area contributed by atoms with Crippen molar-refractivity contribution < 1.29 is 9.53 Å². The van der Waals surface area contributed by atoms with Gasteiger partial charge < -0.3 is 15.8 Å². The molecule has 0 aliphatic rings. The van der Waals surface area contributed by atoms with Crippen LogP contribution in [0.15, 0.2) is 18.2 Å². The number of benzene rings is 1. The molecule has 1 aromatic carbocycles. The Morgan fingerprint density at radius 1 is 1.33 bits per heavy atom. The van der Waals surface area contributed by atoms with Gasteiger partial charge in [-0.1, -0.05) is 35.4 Å². The second-order valence-corrected chi connectivity index (χ2v) is 6.33. The number of nitrogen functional groups attached to an aromatic ring is 1. The fraction of sp³-hybridized carbons (Fsp3) is 0.400. The van der Waals surface area contributed by atoms with Crippen molar-refractivity contribution in [3.05, 3.63) is 33.8 Å². The summed E-state index contributed by atoms with van der Waals surface area (Å²) in [6.07, 6.45) is 3.96. The monoisotopic (exact) mass is 330 g/mol. The highest BCUT2D eigenvalue weighted by atomic mass is 35.5. The molecule has 0 aliphatic heterocycles. The summed E-state index contributed by atoms with van der Waals surface area (Å²) < 4.78 is 5.12. The van der Waals surface area contributed by atoms with Crippen molar-refractivity contribution in [1.29, 1.82) is 0 Å². The molecule has 0 bridgehead atoms. The minimum atomic E-state index is -0.492. The van der Waals surface area contributed by atoms with Crippen LogP contribution in [0.2, 0.25) is 10.0 Å². The lowest BCUT2D eigenvalue weighted by atomic mass is 10.2. The number of nitrogens with two attached hydrogens (primary N) is 1. The number of halogens is 2. The van der Waals surface area contributed by atoms with Crippen LogP contribution >= 0.6 is 23.2 Å². The van der Waals surface area contributed by atoms with Crippen LogP contribution in [0.4, 0.5) is 10.5 Å². The number of nitrogens with one attached hydrogen (secondary N) is 1. The zero-order valence-electron chi connectivity index (χ0n) is 12.4. The van der Waals surface area contributed by atoms with E-state index >= 15 is 0 Å². The molecule has 0 atom stereocenters. The van der Waals surface area contributed by atoms with Gasteiger partial charge in [-0.25, -0.2) is 4.79 Å². The maximum Gasteiger partial charge on any atom is 0.407 e. The first-order chi connectivity index (χ1) is 9.69. The Bertz CT molecular complexity index is 537. The summed E-state index contributed by atoms with van der Waals surface area (Å²) in [5.74, 6) is 0. The predicted octanol–water partition coefficient (Wildman–Crippen LogP) is 4.50. The van der Waals surface area contributed by atoms with Crippen LogP contribution < -0.4 is 11.1 Å². The second kappa shape index (κ2) is 7.57. The molecule has 0 radical (unpaired) electrons. The number of carbonyl (C=O) groups excluding carboxylic acids is 1. The number of hydrogen-bond donors (Lipinski definition) is 2. The summed E-state index contributed by atoms with van der Waals surface area (Å²) in [6.45, 7) is 5.93. The lowest BCUT2D eigenvalue weighted by Gasteiger charge is -2.19. The van der Waals surface area contributed by atoms with Crippen molar-refractivity contribution in [1.82, 2.24) is 5.32 Å². The second-order valence-electron chi connectivity index (χ2n) is 5.51. The molecule has 6 heteroatoms. The van der Waals surface area contributed by atoms with E-state index in [-0.39, 0.29) is 0 Å². The summed E-state index contributed by atoms with van der Waals surface area (Å²) in [5, 5.41) is 3.67. The lowest BCUT2D eigenvalue weighted by Crippen LogP contribution is -2.32. The molecular formula is C15H20Cl2N2O2. The number of alkyl carbamates (subject to hydrolysis) is 1. The summed E-state index contributed by atoms with van der Waals surface area (Å²) in [4.78, 5) is 11.4. The first-order valence-corrected chi connectivity index (χ1v) is 7.32. The molecule has 1 aromatic rings. The Morgan fingerprint density at radius 3 is 2.62 bits per heavy atom. The van der Waals surface area contributed by atoms with Gasteiger partial charge in [0.05, 0.1) is 10.7 Å². The van der Waals surface area contributed by atoms with Crippen molar-refractivity contribution in [2.45, 2.75) is 32.8 Å². The minimum absolute atomic E-state index is 0.426. The van der Waals surface area contributed by atoms with Gasteiger partial charge in [-0.2, -0.15) is 0 Å². The zero-order valence-corrected chi connectivity index (χ0v) is 13.9. The summed E-state index contributed by atoms with van der Waals surface area (Å²) in [6, 6.07) is 3.32. The van der Waals surface area contributed by atoms with E-state index in [9.17, 15) is 4.79 Å². The maximum atomic E-state index is 11.4. The Hall–Kier alpha value is -1.39. The number of anilines is 1.